The van der Waals surface area contributed by atoms with E-state index in [9.17, 15) is 0 Å². The number of nitrogens with one attached hydrogen (secondary N) is 1. The van der Waals surface area contributed by atoms with E-state index in [1.165, 1.54) is 5.56 Å². The molecule has 0 aliphatic heterocycles. The van der Waals surface area contributed by atoms with Gasteiger partial charge in [-0.05, 0) is 20.8 Å². The molecule has 0 spiro atoms. The summed E-state index contributed by atoms with van der Waals surface area (Å²) in [5.41, 5.74) is 11.6. The van der Waals surface area contributed by atoms with E-state index in [0.29, 0.717) is 5.69 Å². The third-order valence-electron chi connectivity index (χ3n) is 1.68. The molecular formula is C9H12Cl2NZr-. The molecule has 0 unspecified atom stereocenters. The van der Waals surface area contributed by atoms with Crippen LogP contribution in [0.1, 0.15) is 16.7 Å². The van der Waals surface area contributed by atoms with E-state index in [0.717, 1.165) is 11.1 Å². The SMILES string of the molecule is Cc1cc(C)c([NH-])c(C)c1.[Cl][Zr][Cl]. The van der Waals surface area contributed by atoms with Gasteiger partial charge in [0.1, 0.15) is 0 Å². The molecule has 72 valence electrons. The van der Waals surface area contributed by atoms with E-state index in [1.54, 1.807) is 0 Å². The molecule has 0 radical (unpaired) electrons. The molecular weight excluding hydrogens is 284 g/mol. The first-order chi connectivity index (χ1) is 6.02. The summed E-state index contributed by atoms with van der Waals surface area (Å²) in [6.07, 6.45) is 0. The Kier molecular flexibility index (Phi) is 7.12. The molecule has 1 rings (SSSR count). The number of aryl methyl sites for hydroxylation is 3. The van der Waals surface area contributed by atoms with E-state index in [1.807, 2.05) is 26.0 Å². The van der Waals surface area contributed by atoms with Gasteiger partial charge in [-0.2, -0.15) is 0 Å². The summed E-state index contributed by atoms with van der Waals surface area (Å²) in [7, 11) is 9.87. The van der Waals surface area contributed by atoms with E-state index in [-0.39, 0.29) is 0 Å². The van der Waals surface area contributed by atoms with Gasteiger partial charge in [0.05, 0.1) is 0 Å². The van der Waals surface area contributed by atoms with E-state index < -0.39 is 20.8 Å². The summed E-state index contributed by atoms with van der Waals surface area (Å²) in [6.45, 7) is 6.00. The van der Waals surface area contributed by atoms with Crippen molar-refractivity contribution in [3.63, 3.8) is 0 Å². The Hall–Kier alpha value is 0.483. The van der Waals surface area contributed by atoms with Crippen LogP contribution in [0.4, 0.5) is 5.69 Å². The molecule has 0 aromatic heterocycles. The van der Waals surface area contributed by atoms with Crippen molar-refractivity contribution in [2.45, 2.75) is 20.8 Å². The molecule has 0 fully saturated rings. The standard InChI is InChI=1S/C9H12N.2ClH.Zr/c1-6-4-7(2)9(10)8(3)5-6;;;/h4-5,10H,1-3H3;2*1H;/q-1;;;+2/p-2. The van der Waals surface area contributed by atoms with Gasteiger partial charge in [0.2, 0.25) is 0 Å². The van der Waals surface area contributed by atoms with Crippen molar-refractivity contribution in [3.8, 4) is 0 Å². The minimum atomic E-state index is -0.826. The Morgan fingerprint density at radius 1 is 1.08 bits per heavy atom. The Morgan fingerprint density at radius 2 is 1.38 bits per heavy atom. The van der Waals surface area contributed by atoms with Gasteiger partial charge < -0.3 is 5.73 Å². The molecule has 0 aliphatic rings. The molecule has 0 atom stereocenters. The normalized spacial score (nSPS) is 8.69. The summed E-state index contributed by atoms with van der Waals surface area (Å²) in [6, 6.07) is 4.07. The minimum absolute atomic E-state index is 0.672. The van der Waals surface area contributed by atoms with Crippen LogP contribution in [0.3, 0.4) is 0 Å². The Labute approximate surface area is 98.3 Å². The van der Waals surface area contributed by atoms with E-state index in [4.69, 9.17) is 22.8 Å². The predicted octanol–water partition coefficient (Wildman–Crippen LogP) is 4.67. The van der Waals surface area contributed by atoms with Gasteiger partial charge in [-0.1, -0.05) is 28.8 Å². The van der Waals surface area contributed by atoms with Crippen LogP contribution >= 0.6 is 17.0 Å². The molecule has 1 aromatic carbocycles. The molecule has 1 nitrogen and oxygen atoms in total. The Morgan fingerprint density at radius 3 is 1.69 bits per heavy atom. The first-order valence-corrected chi connectivity index (χ1v) is 10.1. The van der Waals surface area contributed by atoms with Crippen molar-refractivity contribution in [1.29, 1.82) is 0 Å². The van der Waals surface area contributed by atoms with Gasteiger partial charge in [-0.3, -0.25) is 0 Å². The summed E-state index contributed by atoms with van der Waals surface area (Å²) in [5, 5.41) is 0. The summed E-state index contributed by atoms with van der Waals surface area (Å²) < 4.78 is 0. The Bertz CT molecular complexity index is 253. The van der Waals surface area contributed by atoms with Crippen molar-refractivity contribution in [2.24, 2.45) is 0 Å². The average molecular weight is 296 g/mol. The van der Waals surface area contributed by atoms with Gasteiger partial charge in [-0.25, -0.2) is 0 Å². The molecule has 0 amide bonds. The fraction of sp³-hybridized carbons (Fsp3) is 0.333. The van der Waals surface area contributed by atoms with Crippen LogP contribution in [0.5, 0.6) is 0 Å². The molecule has 1 N–H and O–H groups in total. The molecule has 0 bridgehead atoms. The van der Waals surface area contributed by atoms with Gasteiger partial charge in [-0.15, -0.1) is 5.69 Å². The number of rotatable bonds is 0. The second-order valence-electron chi connectivity index (χ2n) is 2.85. The average Bonchev–Trinajstić information content (AvgIpc) is 2.01. The molecule has 4 heteroatoms. The third kappa shape index (κ3) is 5.05. The van der Waals surface area contributed by atoms with Gasteiger partial charge in [0.15, 0.2) is 0 Å². The van der Waals surface area contributed by atoms with Crippen LogP contribution in [0, 0.1) is 20.8 Å². The summed E-state index contributed by atoms with van der Waals surface area (Å²) in [4.78, 5) is 0. The zero-order valence-electron chi connectivity index (χ0n) is 7.91. The van der Waals surface area contributed by atoms with Gasteiger partial charge >= 0.3 is 37.9 Å². The van der Waals surface area contributed by atoms with E-state index in [2.05, 4.69) is 6.92 Å². The van der Waals surface area contributed by atoms with Crippen molar-refractivity contribution in [3.05, 3.63) is 34.6 Å². The van der Waals surface area contributed by atoms with Crippen molar-refractivity contribution in [2.75, 3.05) is 0 Å². The van der Waals surface area contributed by atoms with Crippen molar-refractivity contribution in [1.82, 2.24) is 0 Å². The van der Waals surface area contributed by atoms with Crippen LogP contribution in [-0.4, -0.2) is 0 Å². The zero-order chi connectivity index (χ0) is 10.4. The second-order valence-corrected chi connectivity index (χ2v) is 6.58. The Balaban J connectivity index is 0.000000424. The van der Waals surface area contributed by atoms with Crippen molar-refractivity contribution >= 4 is 22.7 Å². The fourth-order valence-electron chi connectivity index (χ4n) is 1.18. The summed E-state index contributed by atoms with van der Waals surface area (Å²) in [5.74, 6) is 0. The number of halogens is 2. The quantitative estimate of drug-likeness (QED) is 0.664. The van der Waals surface area contributed by atoms with Crippen LogP contribution in [0.15, 0.2) is 12.1 Å². The maximum atomic E-state index is 7.54. The van der Waals surface area contributed by atoms with Crippen LogP contribution in [-0.2, 0) is 20.8 Å². The fourth-order valence-corrected chi connectivity index (χ4v) is 1.18. The molecule has 0 heterocycles. The molecule has 0 aliphatic carbocycles. The van der Waals surface area contributed by atoms with Crippen molar-refractivity contribution < 1.29 is 20.8 Å². The number of benzene rings is 1. The first kappa shape index (κ1) is 13.5. The molecule has 0 saturated carbocycles. The number of hydrogen-bond acceptors (Lipinski definition) is 0. The van der Waals surface area contributed by atoms with Gasteiger partial charge in [0, 0.05) is 0 Å². The zero-order valence-corrected chi connectivity index (χ0v) is 11.9. The maximum absolute atomic E-state index is 7.54. The van der Waals surface area contributed by atoms with Gasteiger partial charge in [0.25, 0.3) is 0 Å². The van der Waals surface area contributed by atoms with Crippen LogP contribution < -0.4 is 0 Å². The predicted molar refractivity (Wildman–Crippen MR) is 56.3 cm³/mol. The third-order valence-corrected chi connectivity index (χ3v) is 1.68. The number of hydrogen-bond donors (Lipinski definition) is 0. The van der Waals surface area contributed by atoms with E-state index >= 15 is 0 Å². The first-order valence-electron chi connectivity index (χ1n) is 3.78. The second kappa shape index (κ2) is 6.87. The summed E-state index contributed by atoms with van der Waals surface area (Å²) >= 11 is -0.826. The topological polar surface area (TPSA) is 23.8 Å². The monoisotopic (exact) mass is 294 g/mol. The van der Waals surface area contributed by atoms with Crippen LogP contribution in [0.25, 0.3) is 5.73 Å². The molecule has 13 heavy (non-hydrogen) atoms. The van der Waals surface area contributed by atoms with Crippen LogP contribution in [0.2, 0.25) is 0 Å². The molecule has 1 aromatic rings. The molecule has 0 saturated heterocycles.